The fourth-order valence-corrected chi connectivity index (χ4v) is 4.09. The molecule has 1 amide bonds. The third-order valence-electron chi connectivity index (χ3n) is 4.68. The SMILES string of the molecule is CC(C)(NC(=O)C1CC12CCNCC2)c1cccs1.Cl. The molecule has 0 bridgehead atoms. The van der Waals surface area contributed by atoms with Gasteiger partial charge in [0.2, 0.25) is 5.91 Å². The van der Waals surface area contributed by atoms with Gasteiger partial charge >= 0.3 is 0 Å². The lowest BCUT2D eigenvalue weighted by Gasteiger charge is -2.27. The van der Waals surface area contributed by atoms with Crippen molar-refractivity contribution in [1.82, 2.24) is 10.6 Å². The van der Waals surface area contributed by atoms with Crippen molar-refractivity contribution < 1.29 is 4.79 Å². The summed E-state index contributed by atoms with van der Waals surface area (Å²) < 4.78 is 0. The lowest BCUT2D eigenvalue weighted by atomic mass is 9.91. The van der Waals surface area contributed by atoms with Gasteiger partial charge in [-0.3, -0.25) is 4.79 Å². The standard InChI is InChI=1S/C15H22N2OS.ClH/c1-14(2,12-4-3-9-19-12)17-13(18)11-10-15(11)5-7-16-8-6-15;/h3-4,9,11,16H,5-8,10H2,1-2H3,(H,17,18);1H. The number of piperidine rings is 1. The van der Waals surface area contributed by atoms with Crippen LogP contribution in [-0.4, -0.2) is 19.0 Å². The fraction of sp³-hybridized carbons (Fsp3) is 0.667. The normalized spacial score (nSPS) is 24.0. The van der Waals surface area contributed by atoms with Crippen molar-refractivity contribution in [3.05, 3.63) is 22.4 Å². The van der Waals surface area contributed by atoms with Gasteiger partial charge in [0, 0.05) is 10.8 Å². The minimum atomic E-state index is -0.248. The van der Waals surface area contributed by atoms with E-state index in [1.165, 1.54) is 4.88 Å². The molecule has 3 rings (SSSR count). The zero-order chi connectivity index (χ0) is 13.5. The minimum Gasteiger partial charge on any atom is -0.346 e. The van der Waals surface area contributed by atoms with Gasteiger partial charge in [-0.25, -0.2) is 0 Å². The smallest absolute Gasteiger partial charge is 0.224 e. The van der Waals surface area contributed by atoms with Crippen LogP contribution in [0.25, 0.3) is 0 Å². The maximum absolute atomic E-state index is 12.5. The van der Waals surface area contributed by atoms with Gasteiger partial charge < -0.3 is 10.6 Å². The van der Waals surface area contributed by atoms with E-state index in [-0.39, 0.29) is 29.8 Å². The number of nitrogens with one attached hydrogen (secondary N) is 2. The van der Waals surface area contributed by atoms with E-state index in [1.54, 1.807) is 11.3 Å². The van der Waals surface area contributed by atoms with Gasteiger partial charge in [0.25, 0.3) is 0 Å². The molecule has 3 nitrogen and oxygen atoms in total. The molecular weight excluding hydrogens is 292 g/mol. The number of carbonyl (C=O) groups excluding carboxylic acids is 1. The Balaban J connectivity index is 0.00000147. The van der Waals surface area contributed by atoms with Gasteiger partial charge in [0.05, 0.1) is 5.54 Å². The first-order chi connectivity index (χ1) is 9.04. The number of carbonyl (C=O) groups is 1. The number of hydrogen-bond acceptors (Lipinski definition) is 3. The molecule has 5 heteroatoms. The lowest BCUT2D eigenvalue weighted by Crippen LogP contribution is -2.42. The highest BCUT2D eigenvalue weighted by Gasteiger charge is 2.58. The second-order valence-corrected chi connectivity index (χ2v) is 7.41. The second-order valence-electron chi connectivity index (χ2n) is 6.46. The van der Waals surface area contributed by atoms with E-state index in [9.17, 15) is 4.79 Å². The third-order valence-corrected chi connectivity index (χ3v) is 5.87. The molecule has 1 aliphatic carbocycles. The van der Waals surface area contributed by atoms with Crippen molar-refractivity contribution >= 4 is 29.7 Å². The molecule has 1 atom stereocenters. The quantitative estimate of drug-likeness (QED) is 0.900. The van der Waals surface area contributed by atoms with Crippen LogP contribution in [0.4, 0.5) is 0 Å². The van der Waals surface area contributed by atoms with Gasteiger partial charge in [0.1, 0.15) is 0 Å². The third kappa shape index (κ3) is 2.87. The Hall–Kier alpha value is -0.580. The molecule has 1 unspecified atom stereocenters. The molecular formula is C15H23ClN2OS. The summed E-state index contributed by atoms with van der Waals surface area (Å²) in [6.07, 6.45) is 3.40. The fourth-order valence-electron chi connectivity index (χ4n) is 3.29. The largest absolute Gasteiger partial charge is 0.346 e. The van der Waals surface area contributed by atoms with E-state index in [2.05, 4.69) is 35.9 Å². The first-order valence-corrected chi connectivity index (χ1v) is 7.98. The number of thiophene rings is 1. The highest BCUT2D eigenvalue weighted by atomic mass is 35.5. The summed E-state index contributed by atoms with van der Waals surface area (Å²) in [5, 5.41) is 8.69. The van der Waals surface area contributed by atoms with Crippen molar-refractivity contribution in [3.8, 4) is 0 Å². The molecule has 2 N–H and O–H groups in total. The topological polar surface area (TPSA) is 41.1 Å². The van der Waals surface area contributed by atoms with Crippen LogP contribution in [0.1, 0.15) is 38.0 Å². The van der Waals surface area contributed by atoms with Crippen LogP contribution in [0.15, 0.2) is 17.5 Å². The molecule has 20 heavy (non-hydrogen) atoms. The summed E-state index contributed by atoms with van der Waals surface area (Å²) >= 11 is 1.71. The molecule has 1 saturated heterocycles. The first-order valence-electron chi connectivity index (χ1n) is 7.10. The minimum absolute atomic E-state index is 0. The summed E-state index contributed by atoms with van der Waals surface area (Å²) in [5.74, 6) is 0.495. The molecule has 1 saturated carbocycles. The number of halogens is 1. The van der Waals surface area contributed by atoms with E-state index in [0.717, 1.165) is 32.4 Å². The second kappa shape index (κ2) is 5.66. The Labute approximate surface area is 130 Å². The van der Waals surface area contributed by atoms with Gasteiger partial charge in [-0.2, -0.15) is 0 Å². The monoisotopic (exact) mass is 314 g/mol. The Morgan fingerprint density at radius 1 is 1.45 bits per heavy atom. The molecule has 112 valence electrons. The van der Waals surface area contributed by atoms with E-state index in [0.29, 0.717) is 5.41 Å². The number of hydrogen-bond donors (Lipinski definition) is 2. The van der Waals surface area contributed by atoms with Crippen molar-refractivity contribution in [2.75, 3.05) is 13.1 Å². The van der Waals surface area contributed by atoms with Crippen LogP contribution in [0.3, 0.4) is 0 Å². The van der Waals surface area contributed by atoms with Crippen molar-refractivity contribution in [2.24, 2.45) is 11.3 Å². The molecule has 1 aliphatic heterocycles. The zero-order valence-electron chi connectivity index (χ0n) is 12.1. The van der Waals surface area contributed by atoms with Crippen molar-refractivity contribution in [1.29, 1.82) is 0 Å². The summed E-state index contributed by atoms with van der Waals surface area (Å²) in [4.78, 5) is 13.7. The highest BCUT2D eigenvalue weighted by molar-refractivity contribution is 7.10. The molecule has 1 spiro atoms. The van der Waals surface area contributed by atoms with Gasteiger partial charge in [-0.05, 0) is 63.1 Å². The summed E-state index contributed by atoms with van der Waals surface area (Å²) in [6.45, 7) is 6.32. The Morgan fingerprint density at radius 3 is 2.75 bits per heavy atom. The molecule has 0 aromatic carbocycles. The van der Waals surface area contributed by atoms with E-state index < -0.39 is 0 Å². The maximum Gasteiger partial charge on any atom is 0.224 e. The predicted molar refractivity (Wildman–Crippen MR) is 85.4 cm³/mol. The summed E-state index contributed by atoms with van der Waals surface area (Å²) in [6, 6.07) is 4.14. The predicted octanol–water partition coefficient (Wildman–Crippen LogP) is 2.91. The lowest BCUT2D eigenvalue weighted by molar-refractivity contribution is -0.125. The molecule has 2 aliphatic rings. The highest BCUT2D eigenvalue weighted by Crippen LogP contribution is 2.58. The Morgan fingerprint density at radius 2 is 2.15 bits per heavy atom. The van der Waals surface area contributed by atoms with Gasteiger partial charge in [-0.1, -0.05) is 6.07 Å². The van der Waals surface area contributed by atoms with E-state index in [1.807, 2.05) is 6.07 Å². The van der Waals surface area contributed by atoms with Crippen LogP contribution >= 0.6 is 23.7 Å². The molecule has 1 aromatic rings. The first kappa shape index (κ1) is 15.8. The van der Waals surface area contributed by atoms with Gasteiger partial charge in [0.15, 0.2) is 0 Å². The average Bonchev–Trinajstić information content (AvgIpc) is 2.84. The van der Waals surface area contributed by atoms with E-state index >= 15 is 0 Å². The van der Waals surface area contributed by atoms with Crippen molar-refractivity contribution in [2.45, 2.75) is 38.6 Å². The van der Waals surface area contributed by atoms with E-state index in [4.69, 9.17) is 0 Å². The van der Waals surface area contributed by atoms with Crippen LogP contribution in [0.2, 0.25) is 0 Å². The molecule has 1 aromatic heterocycles. The molecule has 2 heterocycles. The maximum atomic E-state index is 12.5. The average molecular weight is 315 g/mol. The molecule has 2 fully saturated rings. The number of amides is 1. The molecule has 0 radical (unpaired) electrons. The zero-order valence-corrected chi connectivity index (χ0v) is 13.7. The Bertz CT molecular complexity index is 466. The van der Waals surface area contributed by atoms with Crippen LogP contribution in [0.5, 0.6) is 0 Å². The van der Waals surface area contributed by atoms with Crippen LogP contribution in [-0.2, 0) is 10.3 Å². The number of rotatable bonds is 3. The van der Waals surface area contributed by atoms with Crippen LogP contribution in [0, 0.1) is 11.3 Å². The van der Waals surface area contributed by atoms with Crippen LogP contribution < -0.4 is 10.6 Å². The van der Waals surface area contributed by atoms with Crippen molar-refractivity contribution in [3.63, 3.8) is 0 Å². The summed E-state index contributed by atoms with van der Waals surface area (Å²) in [5.41, 5.74) is 0.0722. The van der Waals surface area contributed by atoms with Gasteiger partial charge in [-0.15, -0.1) is 23.7 Å². The summed E-state index contributed by atoms with van der Waals surface area (Å²) in [7, 11) is 0. The Kier molecular flexibility index (Phi) is 4.47.